The Morgan fingerprint density at radius 3 is 2.54 bits per heavy atom. The van der Waals surface area contributed by atoms with Crippen molar-refractivity contribution in [1.29, 1.82) is 0 Å². The summed E-state index contributed by atoms with van der Waals surface area (Å²) in [5.41, 5.74) is 2.77. The highest BCUT2D eigenvalue weighted by molar-refractivity contribution is 5.95. The number of pyridine rings is 1. The van der Waals surface area contributed by atoms with Crippen molar-refractivity contribution < 1.29 is 28.2 Å². The number of aliphatic hydroxyl groups excluding tert-OH is 1. The Labute approximate surface area is 213 Å². The second-order valence-electron chi connectivity index (χ2n) is 8.92. The molecule has 0 aliphatic carbocycles. The minimum atomic E-state index is -0.927. The number of carbonyl (C=O) groups excluding carboxylic acids is 2. The van der Waals surface area contributed by atoms with E-state index in [0.717, 1.165) is 23.3 Å². The highest BCUT2D eigenvalue weighted by Crippen LogP contribution is 2.34. The Balaban J connectivity index is 1.70. The zero-order valence-corrected chi connectivity index (χ0v) is 20.5. The number of aliphatic hydroxyl groups is 1. The summed E-state index contributed by atoms with van der Waals surface area (Å²) in [6, 6.07) is 10.3. The van der Waals surface area contributed by atoms with Gasteiger partial charge in [0.2, 0.25) is 0 Å². The van der Waals surface area contributed by atoms with Crippen molar-refractivity contribution in [3.8, 4) is 11.1 Å². The first kappa shape index (κ1) is 26.0. The van der Waals surface area contributed by atoms with Gasteiger partial charge < -0.3 is 20.5 Å². The first-order valence-corrected chi connectivity index (χ1v) is 11.9. The van der Waals surface area contributed by atoms with Gasteiger partial charge in [-0.3, -0.25) is 15.1 Å². The quantitative estimate of drug-likeness (QED) is 0.381. The van der Waals surface area contributed by atoms with Crippen LogP contribution in [0.3, 0.4) is 0 Å². The van der Waals surface area contributed by atoms with Crippen LogP contribution < -0.4 is 16.0 Å². The minimum Gasteiger partial charge on any atom is -0.453 e. The lowest BCUT2D eigenvalue weighted by atomic mass is 9.97. The average Bonchev–Trinajstić information content (AvgIpc) is 2.85. The van der Waals surface area contributed by atoms with Gasteiger partial charge in [-0.05, 0) is 73.7 Å². The number of halogens is 2. The molecule has 8 nitrogen and oxygen atoms in total. The first-order chi connectivity index (χ1) is 17.7. The van der Waals surface area contributed by atoms with Crippen LogP contribution in [0.2, 0.25) is 0 Å². The van der Waals surface area contributed by atoms with E-state index in [-0.39, 0.29) is 0 Å². The highest BCUT2D eigenvalue weighted by Gasteiger charge is 2.24. The molecule has 1 aromatic heterocycles. The van der Waals surface area contributed by atoms with Crippen LogP contribution in [0.1, 0.15) is 53.3 Å². The van der Waals surface area contributed by atoms with Crippen molar-refractivity contribution in [2.24, 2.45) is 0 Å². The maximum Gasteiger partial charge on any atom is 0.411 e. The molecule has 2 atom stereocenters. The fourth-order valence-corrected chi connectivity index (χ4v) is 4.35. The number of methoxy groups -OCH3 is 1. The standard InChI is InChI=1S/C27H28F2N4O4/c1-15-11-19(28)25(20(29)12-15)26(35)33-21-5-3-4-6-24(34)32-22-14-17(31-27(36)37-2)7-8-18(22)16-9-10-30-23(21)13-16/h7-14,21,24,32,34H,3-6H2,1-2H3,(H,31,36)(H,33,35)/t21-,24?/m0/s1. The van der Waals surface area contributed by atoms with E-state index in [0.29, 0.717) is 48.3 Å². The Bertz CT molecular complexity index is 1290. The maximum absolute atomic E-state index is 14.5. The molecule has 0 radical (unpaired) electrons. The van der Waals surface area contributed by atoms with Gasteiger partial charge in [0.15, 0.2) is 0 Å². The van der Waals surface area contributed by atoms with E-state index in [1.54, 1.807) is 43.5 Å². The molecule has 1 unspecified atom stereocenters. The first-order valence-electron chi connectivity index (χ1n) is 11.9. The lowest BCUT2D eigenvalue weighted by Crippen LogP contribution is -2.31. The molecule has 10 heteroatoms. The van der Waals surface area contributed by atoms with E-state index in [4.69, 9.17) is 0 Å². The minimum absolute atomic E-state index is 0.378. The summed E-state index contributed by atoms with van der Waals surface area (Å²) >= 11 is 0. The van der Waals surface area contributed by atoms with Gasteiger partial charge in [0.05, 0.1) is 18.8 Å². The summed E-state index contributed by atoms with van der Waals surface area (Å²) in [7, 11) is 1.26. The fourth-order valence-electron chi connectivity index (χ4n) is 4.35. The van der Waals surface area contributed by atoms with Crippen LogP contribution in [0.15, 0.2) is 48.7 Å². The van der Waals surface area contributed by atoms with Gasteiger partial charge in [0.1, 0.15) is 23.4 Å². The van der Waals surface area contributed by atoms with Gasteiger partial charge in [0, 0.05) is 23.1 Å². The number of ether oxygens (including phenoxy) is 1. The predicted octanol–water partition coefficient (Wildman–Crippen LogP) is 5.29. The summed E-state index contributed by atoms with van der Waals surface area (Å²) < 4.78 is 33.6. The molecule has 1 aliphatic heterocycles. The van der Waals surface area contributed by atoms with Crippen LogP contribution in [0, 0.1) is 18.6 Å². The zero-order valence-electron chi connectivity index (χ0n) is 20.5. The second kappa shape index (κ2) is 11.3. The normalized spacial score (nSPS) is 17.3. The Hall–Kier alpha value is -4.05. The van der Waals surface area contributed by atoms with Gasteiger partial charge >= 0.3 is 6.09 Å². The molecule has 2 heterocycles. The largest absolute Gasteiger partial charge is 0.453 e. The number of fused-ring (bicyclic) bond motifs is 4. The Morgan fingerprint density at radius 2 is 1.81 bits per heavy atom. The molecule has 2 amide bonds. The molecule has 1 aliphatic rings. The lowest BCUT2D eigenvalue weighted by molar-refractivity contribution is 0.0923. The van der Waals surface area contributed by atoms with Crippen LogP contribution in [0.4, 0.5) is 25.0 Å². The number of nitrogens with one attached hydrogen (secondary N) is 3. The summed E-state index contributed by atoms with van der Waals surface area (Å²) in [5, 5.41) is 19.0. The monoisotopic (exact) mass is 510 g/mol. The number of anilines is 2. The van der Waals surface area contributed by atoms with Gasteiger partial charge in [-0.25, -0.2) is 13.6 Å². The Kier molecular flexibility index (Phi) is 7.98. The second-order valence-corrected chi connectivity index (χ2v) is 8.92. The van der Waals surface area contributed by atoms with Crippen molar-refractivity contribution >= 4 is 23.4 Å². The number of aryl methyl sites for hydroxylation is 1. The highest BCUT2D eigenvalue weighted by atomic mass is 19.1. The molecule has 4 rings (SSSR count). The van der Waals surface area contributed by atoms with E-state index in [9.17, 15) is 23.5 Å². The molecule has 2 bridgehead atoms. The summed E-state index contributed by atoms with van der Waals surface area (Å²) in [4.78, 5) is 29.0. The fraction of sp³-hybridized carbons (Fsp3) is 0.296. The van der Waals surface area contributed by atoms with Gasteiger partial charge in [0.25, 0.3) is 5.91 Å². The van der Waals surface area contributed by atoms with Gasteiger partial charge in [-0.15, -0.1) is 0 Å². The SMILES string of the molecule is COC(=O)Nc1ccc2c(c1)NC(O)CCCC[C@H](NC(=O)c1c(F)cc(C)cc1F)c1cc-2ccn1. The molecule has 4 N–H and O–H groups in total. The van der Waals surface area contributed by atoms with E-state index < -0.39 is 41.5 Å². The van der Waals surface area contributed by atoms with Crippen LogP contribution in [-0.4, -0.2) is 35.4 Å². The molecule has 2 aromatic carbocycles. The van der Waals surface area contributed by atoms with E-state index in [1.807, 2.05) is 0 Å². The van der Waals surface area contributed by atoms with E-state index >= 15 is 0 Å². The van der Waals surface area contributed by atoms with Crippen molar-refractivity contribution in [2.45, 2.75) is 44.9 Å². The van der Waals surface area contributed by atoms with Crippen LogP contribution in [0.5, 0.6) is 0 Å². The molecule has 37 heavy (non-hydrogen) atoms. The average molecular weight is 511 g/mol. The molecule has 0 spiro atoms. The number of hydrogen-bond acceptors (Lipinski definition) is 6. The number of amides is 2. The molecule has 0 fully saturated rings. The number of hydrogen-bond donors (Lipinski definition) is 4. The predicted molar refractivity (Wildman–Crippen MR) is 135 cm³/mol. The van der Waals surface area contributed by atoms with Crippen LogP contribution in [0.25, 0.3) is 11.1 Å². The summed E-state index contributed by atoms with van der Waals surface area (Å²) in [6.45, 7) is 1.55. The third-order valence-electron chi connectivity index (χ3n) is 6.16. The summed E-state index contributed by atoms with van der Waals surface area (Å²) in [6.07, 6.45) is 2.20. The maximum atomic E-state index is 14.5. The van der Waals surface area contributed by atoms with Crippen molar-refractivity contribution in [3.05, 3.63) is 77.1 Å². The smallest absolute Gasteiger partial charge is 0.411 e. The van der Waals surface area contributed by atoms with E-state index in [1.165, 1.54) is 7.11 Å². The van der Waals surface area contributed by atoms with Crippen molar-refractivity contribution in [3.63, 3.8) is 0 Å². The molecule has 194 valence electrons. The van der Waals surface area contributed by atoms with Crippen LogP contribution in [-0.2, 0) is 4.74 Å². The third kappa shape index (κ3) is 6.21. The number of carbonyl (C=O) groups is 2. The third-order valence-corrected chi connectivity index (χ3v) is 6.16. The van der Waals surface area contributed by atoms with Crippen molar-refractivity contribution in [2.75, 3.05) is 17.7 Å². The zero-order chi connectivity index (χ0) is 26.5. The lowest BCUT2D eigenvalue weighted by Gasteiger charge is -2.23. The van der Waals surface area contributed by atoms with Gasteiger partial charge in [-0.1, -0.05) is 12.5 Å². The molecular weight excluding hydrogens is 482 g/mol. The van der Waals surface area contributed by atoms with Gasteiger partial charge in [-0.2, -0.15) is 0 Å². The molecule has 0 saturated heterocycles. The Morgan fingerprint density at radius 1 is 1.08 bits per heavy atom. The summed E-state index contributed by atoms with van der Waals surface area (Å²) in [5.74, 6) is -2.71. The van der Waals surface area contributed by atoms with Crippen LogP contribution >= 0.6 is 0 Å². The molecule has 3 aromatic rings. The molecular formula is C27H28F2N4O4. The molecule has 0 saturated carbocycles. The van der Waals surface area contributed by atoms with Crippen molar-refractivity contribution in [1.82, 2.24) is 10.3 Å². The number of rotatable bonds is 3. The van der Waals surface area contributed by atoms with E-state index in [2.05, 4.69) is 25.7 Å². The number of benzene rings is 2. The number of nitrogens with zero attached hydrogens (tertiary/aromatic N) is 1. The number of aromatic nitrogens is 1. The topological polar surface area (TPSA) is 113 Å².